The van der Waals surface area contributed by atoms with E-state index in [4.69, 9.17) is 4.74 Å². The van der Waals surface area contributed by atoms with Crippen molar-refractivity contribution in [1.82, 2.24) is 14.8 Å². The van der Waals surface area contributed by atoms with Crippen LogP contribution in [0.3, 0.4) is 0 Å². The van der Waals surface area contributed by atoms with E-state index >= 15 is 4.39 Å². The van der Waals surface area contributed by atoms with Crippen molar-refractivity contribution in [3.63, 3.8) is 0 Å². The fourth-order valence-electron chi connectivity index (χ4n) is 5.99. The molecule has 5 rings (SSSR count). The van der Waals surface area contributed by atoms with Crippen LogP contribution in [0, 0.1) is 5.82 Å². The van der Waals surface area contributed by atoms with Crippen molar-refractivity contribution in [1.29, 1.82) is 0 Å². The highest BCUT2D eigenvalue weighted by atomic mass is 19.4. The van der Waals surface area contributed by atoms with Crippen LogP contribution in [0.4, 0.5) is 33.7 Å². The number of carbonyl (C=O) groups is 2. The van der Waals surface area contributed by atoms with Crippen LogP contribution in [-0.4, -0.2) is 77.7 Å². The molecule has 0 spiro atoms. The lowest BCUT2D eigenvalue weighted by Gasteiger charge is -2.44. The van der Waals surface area contributed by atoms with Crippen LogP contribution in [0.2, 0.25) is 0 Å². The van der Waals surface area contributed by atoms with E-state index < -0.39 is 46.3 Å². The molecular formula is C31H37F4N5O4. The van der Waals surface area contributed by atoms with Gasteiger partial charge in [-0.1, -0.05) is 6.08 Å². The van der Waals surface area contributed by atoms with Gasteiger partial charge in [-0.3, -0.25) is 14.5 Å². The number of piperazine rings is 1. The van der Waals surface area contributed by atoms with E-state index in [-0.39, 0.29) is 29.9 Å². The Morgan fingerprint density at radius 3 is 2.36 bits per heavy atom. The van der Waals surface area contributed by atoms with E-state index in [1.165, 1.54) is 12.1 Å². The van der Waals surface area contributed by atoms with Gasteiger partial charge < -0.3 is 24.8 Å². The fourth-order valence-corrected chi connectivity index (χ4v) is 5.99. The van der Waals surface area contributed by atoms with Crippen LogP contribution in [0.25, 0.3) is 5.57 Å². The molecule has 1 aromatic carbocycles. The maximum absolute atomic E-state index is 15.8. The molecule has 1 saturated carbocycles. The van der Waals surface area contributed by atoms with Crippen LogP contribution in [0.15, 0.2) is 35.3 Å². The van der Waals surface area contributed by atoms with E-state index in [2.05, 4.69) is 15.2 Å². The predicted octanol–water partition coefficient (Wildman–Crippen LogP) is 5.48. The van der Waals surface area contributed by atoms with E-state index in [9.17, 15) is 27.6 Å². The number of aromatic nitrogens is 1. The molecule has 1 saturated heterocycles. The molecule has 1 aliphatic carbocycles. The number of likely N-dealkylation sites (N-methyl/N-ethyl adjacent to an activating group) is 1. The van der Waals surface area contributed by atoms with Gasteiger partial charge in [0.25, 0.3) is 5.91 Å². The molecule has 0 radical (unpaired) electrons. The minimum Gasteiger partial charge on any atom is -0.443 e. The molecule has 2 unspecified atom stereocenters. The molecule has 2 atom stereocenters. The summed E-state index contributed by atoms with van der Waals surface area (Å²) in [6.07, 6.45) is 0.0286. The van der Waals surface area contributed by atoms with Crippen molar-refractivity contribution < 1.29 is 31.9 Å². The minimum atomic E-state index is -4.95. The number of amides is 2. The highest BCUT2D eigenvalue weighted by Gasteiger charge is 2.38. The first-order valence-electron chi connectivity index (χ1n) is 14.7. The van der Waals surface area contributed by atoms with Gasteiger partial charge in [-0.2, -0.15) is 13.2 Å². The van der Waals surface area contributed by atoms with Gasteiger partial charge in [-0.15, -0.1) is 0 Å². The molecule has 44 heavy (non-hydrogen) atoms. The molecule has 0 bridgehead atoms. The summed E-state index contributed by atoms with van der Waals surface area (Å²) in [6, 6.07) is 3.23. The summed E-state index contributed by atoms with van der Waals surface area (Å²) in [6.45, 7) is 7.41. The van der Waals surface area contributed by atoms with Gasteiger partial charge in [-0.05, 0) is 71.2 Å². The van der Waals surface area contributed by atoms with Gasteiger partial charge >= 0.3 is 12.3 Å². The summed E-state index contributed by atoms with van der Waals surface area (Å²) in [5.74, 6) is -1.65. The monoisotopic (exact) mass is 619 g/mol. The number of aromatic amines is 1. The number of anilines is 2. The van der Waals surface area contributed by atoms with Crippen molar-refractivity contribution in [2.24, 2.45) is 0 Å². The Labute approximate surface area is 252 Å². The molecule has 2 fully saturated rings. The molecule has 2 amide bonds. The van der Waals surface area contributed by atoms with Gasteiger partial charge in [0, 0.05) is 56.1 Å². The quantitative estimate of drug-likeness (QED) is 0.431. The number of alkyl halides is 3. The maximum Gasteiger partial charge on any atom is 0.417 e. The van der Waals surface area contributed by atoms with Gasteiger partial charge in [0.15, 0.2) is 0 Å². The number of hydrogen-bond donors (Lipinski definition) is 2. The molecule has 13 heteroatoms. The zero-order valence-corrected chi connectivity index (χ0v) is 25.2. The third kappa shape index (κ3) is 6.47. The average Bonchev–Trinajstić information content (AvgIpc) is 2.95. The number of H-pyrrole nitrogens is 1. The van der Waals surface area contributed by atoms with Crippen LogP contribution < -0.4 is 15.8 Å². The lowest BCUT2D eigenvalue weighted by Crippen LogP contribution is -2.55. The van der Waals surface area contributed by atoms with Crippen molar-refractivity contribution >= 4 is 28.9 Å². The first-order valence-corrected chi connectivity index (χ1v) is 14.7. The summed E-state index contributed by atoms with van der Waals surface area (Å²) in [5.41, 5.74) is -2.34. The Morgan fingerprint density at radius 1 is 1.11 bits per heavy atom. The average molecular weight is 620 g/mol. The molecule has 2 aromatic rings. The summed E-state index contributed by atoms with van der Waals surface area (Å²) < 4.78 is 62.7. The normalized spacial score (nSPS) is 22.2. The van der Waals surface area contributed by atoms with Crippen LogP contribution in [0.1, 0.15) is 67.9 Å². The summed E-state index contributed by atoms with van der Waals surface area (Å²) in [4.78, 5) is 45.4. The SMILES string of the molecule is CC1CN(c2cc(F)c(C3=CCN(C(=O)OC4(C)CCC4)CC3)cc2NC(=O)c2c[nH]c(=O)cc2C(F)(F)F)CC(C)N1C. The van der Waals surface area contributed by atoms with Gasteiger partial charge in [0.1, 0.15) is 11.4 Å². The number of nitrogens with zero attached hydrogens (tertiary/aromatic N) is 3. The third-order valence-electron chi connectivity index (χ3n) is 9.07. The summed E-state index contributed by atoms with van der Waals surface area (Å²) in [7, 11) is 1.98. The molecule has 2 N–H and O–H groups in total. The van der Waals surface area contributed by atoms with Gasteiger partial charge in [-0.25, -0.2) is 9.18 Å². The number of nitrogens with one attached hydrogen (secondary N) is 2. The number of rotatable bonds is 5. The van der Waals surface area contributed by atoms with Crippen molar-refractivity contribution in [2.75, 3.05) is 43.4 Å². The Bertz CT molecular complexity index is 1520. The zero-order valence-electron chi connectivity index (χ0n) is 25.2. The highest BCUT2D eigenvalue weighted by molar-refractivity contribution is 6.07. The second-order valence-corrected chi connectivity index (χ2v) is 12.3. The minimum absolute atomic E-state index is 0.0788. The van der Waals surface area contributed by atoms with Crippen molar-refractivity contribution in [3.8, 4) is 0 Å². The van der Waals surface area contributed by atoms with Crippen LogP contribution in [-0.2, 0) is 10.9 Å². The van der Waals surface area contributed by atoms with Gasteiger partial charge in [0.05, 0.1) is 22.5 Å². The number of halogens is 4. The third-order valence-corrected chi connectivity index (χ3v) is 9.07. The van der Waals surface area contributed by atoms with E-state index in [1.54, 1.807) is 11.0 Å². The molecule has 1 aromatic heterocycles. The van der Waals surface area contributed by atoms with E-state index in [0.717, 1.165) is 25.5 Å². The van der Waals surface area contributed by atoms with Crippen LogP contribution in [0.5, 0.6) is 0 Å². The van der Waals surface area contributed by atoms with E-state index in [0.29, 0.717) is 43.4 Å². The van der Waals surface area contributed by atoms with E-state index in [1.807, 2.05) is 32.7 Å². The number of benzene rings is 1. The fraction of sp³-hybridized carbons (Fsp3) is 0.516. The number of carbonyl (C=O) groups excluding carboxylic acids is 2. The Morgan fingerprint density at radius 2 is 1.80 bits per heavy atom. The maximum atomic E-state index is 15.8. The van der Waals surface area contributed by atoms with Crippen molar-refractivity contribution in [2.45, 2.75) is 70.3 Å². The molecule has 3 heterocycles. The number of hydrogen-bond acceptors (Lipinski definition) is 6. The molecule has 9 nitrogen and oxygen atoms in total. The second kappa shape index (κ2) is 11.9. The summed E-state index contributed by atoms with van der Waals surface area (Å²) >= 11 is 0. The highest BCUT2D eigenvalue weighted by Crippen LogP contribution is 2.38. The lowest BCUT2D eigenvalue weighted by atomic mass is 9.82. The van der Waals surface area contributed by atoms with Crippen LogP contribution >= 0.6 is 0 Å². The van der Waals surface area contributed by atoms with Crippen molar-refractivity contribution in [3.05, 3.63) is 63.3 Å². The summed E-state index contributed by atoms with van der Waals surface area (Å²) in [5, 5.41) is 2.57. The standard InChI is InChI=1S/C31H37F4N5O4/c1-18-16-40(17-19(2)38(18)4)26-14-24(32)21(20-6-10-39(11-7-20)29(43)44-30(3)8-5-9-30)12-25(26)37-28(42)22-15-36-27(41)13-23(22)31(33,34)35/h6,12-15,18-19H,5,7-11,16-17H2,1-4H3,(H,36,41)(H,37,42). The predicted molar refractivity (Wildman–Crippen MR) is 158 cm³/mol. The largest absolute Gasteiger partial charge is 0.443 e. The first kappa shape index (κ1) is 31.6. The molecular weight excluding hydrogens is 582 g/mol. The number of pyridine rings is 1. The van der Waals surface area contributed by atoms with Gasteiger partial charge in [0.2, 0.25) is 5.56 Å². The Kier molecular flexibility index (Phi) is 8.54. The smallest absolute Gasteiger partial charge is 0.417 e. The lowest BCUT2D eigenvalue weighted by molar-refractivity contribution is -0.138. The zero-order chi connectivity index (χ0) is 32.0. The molecule has 2 aliphatic heterocycles. The molecule has 238 valence electrons. The number of ether oxygens (including phenoxy) is 1. The topological polar surface area (TPSA) is 98.0 Å². The second-order valence-electron chi connectivity index (χ2n) is 12.3. The Balaban J connectivity index is 1.47. The molecule has 3 aliphatic rings. The first-order chi connectivity index (χ1) is 20.6. The Hall–Kier alpha value is -3.87.